The van der Waals surface area contributed by atoms with Crippen LogP contribution in [0.1, 0.15) is 20.7 Å². The van der Waals surface area contributed by atoms with Gasteiger partial charge < -0.3 is 14.8 Å². The van der Waals surface area contributed by atoms with Crippen molar-refractivity contribution >= 4 is 40.9 Å². The summed E-state index contributed by atoms with van der Waals surface area (Å²) in [6.07, 6.45) is 0. The molecular formula is C18H17Cl2N3O5. The second-order valence-electron chi connectivity index (χ2n) is 5.38. The van der Waals surface area contributed by atoms with Crippen LogP contribution in [0.15, 0.2) is 36.4 Å². The Hall–Kier alpha value is -2.97. The highest BCUT2D eigenvalue weighted by Crippen LogP contribution is 2.27. The SMILES string of the molecule is COc1ccc(C(=O)NNC(=O)CNC(=O)c2ccc(Cl)cc2Cl)cc1OC. The summed E-state index contributed by atoms with van der Waals surface area (Å²) in [6, 6.07) is 8.90. The van der Waals surface area contributed by atoms with E-state index in [0.29, 0.717) is 16.5 Å². The minimum atomic E-state index is -0.632. The molecule has 0 aliphatic carbocycles. The van der Waals surface area contributed by atoms with Gasteiger partial charge in [-0.3, -0.25) is 25.2 Å². The highest BCUT2D eigenvalue weighted by molar-refractivity contribution is 6.36. The molecule has 3 N–H and O–H groups in total. The van der Waals surface area contributed by atoms with Crippen LogP contribution in [0.2, 0.25) is 10.0 Å². The van der Waals surface area contributed by atoms with E-state index in [0.717, 1.165) is 0 Å². The van der Waals surface area contributed by atoms with Crippen LogP contribution in [0, 0.1) is 0 Å². The van der Waals surface area contributed by atoms with Gasteiger partial charge in [-0.1, -0.05) is 23.2 Å². The molecule has 0 saturated carbocycles. The van der Waals surface area contributed by atoms with Crippen LogP contribution in [0.4, 0.5) is 0 Å². The van der Waals surface area contributed by atoms with Crippen molar-refractivity contribution in [1.29, 1.82) is 0 Å². The number of hydrazine groups is 1. The number of ether oxygens (including phenoxy) is 2. The zero-order valence-electron chi connectivity index (χ0n) is 15.0. The maximum absolute atomic E-state index is 12.1. The van der Waals surface area contributed by atoms with E-state index in [1.54, 1.807) is 6.07 Å². The zero-order chi connectivity index (χ0) is 20.7. The van der Waals surface area contributed by atoms with Crippen LogP contribution in [0.25, 0.3) is 0 Å². The smallest absolute Gasteiger partial charge is 0.269 e. The highest BCUT2D eigenvalue weighted by atomic mass is 35.5. The molecule has 0 unspecified atom stereocenters. The second kappa shape index (κ2) is 9.82. The van der Waals surface area contributed by atoms with Crippen LogP contribution >= 0.6 is 23.2 Å². The van der Waals surface area contributed by atoms with Gasteiger partial charge in [0.15, 0.2) is 11.5 Å². The van der Waals surface area contributed by atoms with Crippen molar-refractivity contribution in [1.82, 2.24) is 16.2 Å². The maximum atomic E-state index is 12.1. The Morgan fingerprint density at radius 2 is 1.61 bits per heavy atom. The van der Waals surface area contributed by atoms with Crippen molar-refractivity contribution in [2.45, 2.75) is 0 Å². The average molecular weight is 426 g/mol. The number of carbonyl (C=O) groups is 3. The lowest BCUT2D eigenvalue weighted by atomic mass is 10.2. The Bertz CT molecular complexity index is 905. The lowest BCUT2D eigenvalue weighted by Gasteiger charge is -2.11. The number of nitrogens with one attached hydrogen (secondary N) is 3. The fourth-order valence-corrected chi connectivity index (χ4v) is 2.64. The Morgan fingerprint density at radius 1 is 0.893 bits per heavy atom. The van der Waals surface area contributed by atoms with E-state index in [2.05, 4.69) is 16.2 Å². The second-order valence-corrected chi connectivity index (χ2v) is 6.22. The molecule has 10 heteroatoms. The predicted molar refractivity (Wildman–Crippen MR) is 104 cm³/mol. The summed E-state index contributed by atoms with van der Waals surface area (Å²) in [7, 11) is 2.92. The lowest BCUT2D eigenvalue weighted by molar-refractivity contribution is -0.120. The number of halogens is 2. The van der Waals surface area contributed by atoms with E-state index in [1.165, 1.54) is 44.6 Å². The fraction of sp³-hybridized carbons (Fsp3) is 0.167. The fourth-order valence-electron chi connectivity index (χ4n) is 2.15. The van der Waals surface area contributed by atoms with Gasteiger partial charge in [-0.15, -0.1) is 0 Å². The Kier molecular flexibility index (Phi) is 7.48. The molecular weight excluding hydrogens is 409 g/mol. The number of carbonyl (C=O) groups excluding carboxylic acids is 3. The van der Waals surface area contributed by atoms with Crippen molar-refractivity contribution < 1.29 is 23.9 Å². The first-order valence-corrected chi connectivity index (χ1v) is 8.65. The third kappa shape index (κ3) is 5.51. The van der Waals surface area contributed by atoms with Crippen molar-refractivity contribution in [3.05, 3.63) is 57.6 Å². The van der Waals surface area contributed by atoms with Gasteiger partial charge in [0.05, 0.1) is 31.4 Å². The number of hydrogen-bond acceptors (Lipinski definition) is 5. The first-order chi connectivity index (χ1) is 13.3. The van der Waals surface area contributed by atoms with Crippen LogP contribution in [-0.2, 0) is 4.79 Å². The lowest BCUT2D eigenvalue weighted by Crippen LogP contribution is -2.46. The van der Waals surface area contributed by atoms with Crippen LogP contribution in [0.5, 0.6) is 11.5 Å². The van der Waals surface area contributed by atoms with Gasteiger partial charge in [0.1, 0.15) is 0 Å². The Morgan fingerprint density at radius 3 is 2.25 bits per heavy atom. The topological polar surface area (TPSA) is 106 Å². The van der Waals surface area contributed by atoms with Gasteiger partial charge in [-0.2, -0.15) is 0 Å². The highest BCUT2D eigenvalue weighted by Gasteiger charge is 2.14. The molecule has 2 rings (SSSR count). The third-order valence-electron chi connectivity index (χ3n) is 3.55. The summed E-state index contributed by atoms with van der Waals surface area (Å²) in [4.78, 5) is 36.0. The van der Waals surface area contributed by atoms with Crippen molar-refractivity contribution in [2.24, 2.45) is 0 Å². The minimum absolute atomic E-state index is 0.159. The van der Waals surface area contributed by atoms with E-state index in [4.69, 9.17) is 32.7 Å². The molecule has 0 radical (unpaired) electrons. The summed E-state index contributed by atoms with van der Waals surface area (Å²) in [5.74, 6) is -0.920. The van der Waals surface area contributed by atoms with Gasteiger partial charge in [-0.25, -0.2) is 0 Å². The van der Waals surface area contributed by atoms with Gasteiger partial charge >= 0.3 is 0 Å². The van der Waals surface area contributed by atoms with Crippen LogP contribution < -0.4 is 25.6 Å². The molecule has 0 fully saturated rings. The summed E-state index contributed by atoms with van der Waals surface area (Å²) < 4.78 is 10.2. The molecule has 8 nitrogen and oxygen atoms in total. The third-order valence-corrected chi connectivity index (χ3v) is 4.09. The molecule has 28 heavy (non-hydrogen) atoms. The average Bonchev–Trinajstić information content (AvgIpc) is 2.69. The van der Waals surface area contributed by atoms with Crippen molar-refractivity contribution in [3.63, 3.8) is 0 Å². The molecule has 3 amide bonds. The van der Waals surface area contributed by atoms with Crippen molar-refractivity contribution in [2.75, 3.05) is 20.8 Å². The van der Waals surface area contributed by atoms with Gasteiger partial charge in [0.25, 0.3) is 17.7 Å². The zero-order valence-corrected chi connectivity index (χ0v) is 16.5. The molecule has 0 aliphatic heterocycles. The Balaban J connectivity index is 1.86. The van der Waals surface area contributed by atoms with E-state index in [1.807, 2.05) is 0 Å². The quantitative estimate of drug-likeness (QED) is 0.615. The number of amides is 3. The molecule has 0 aromatic heterocycles. The Labute approximate surface area is 171 Å². The molecule has 0 spiro atoms. The van der Waals surface area contributed by atoms with Crippen molar-refractivity contribution in [3.8, 4) is 11.5 Å². The molecule has 0 atom stereocenters. The number of rotatable bonds is 6. The molecule has 2 aromatic carbocycles. The minimum Gasteiger partial charge on any atom is -0.493 e. The van der Waals surface area contributed by atoms with Gasteiger partial charge in [-0.05, 0) is 36.4 Å². The summed E-state index contributed by atoms with van der Waals surface area (Å²) >= 11 is 11.7. The monoisotopic (exact) mass is 425 g/mol. The molecule has 0 bridgehead atoms. The number of benzene rings is 2. The summed E-state index contributed by atoms with van der Waals surface area (Å²) in [6.45, 7) is -0.371. The normalized spacial score (nSPS) is 10.0. The van der Waals surface area contributed by atoms with Gasteiger partial charge in [0.2, 0.25) is 0 Å². The van der Waals surface area contributed by atoms with Crippen LogP contribution in [0.3, 0.4) is 0 Å². The molecule has 2 aromatic rings. The van der Waals surface area contributed by atoms with E-state index >= 15 is 0 Å². The molecule has 148 valence electrons. The van der Waals surface area contributed by atoms with Gasteiger partial charge in [0, 0.05) is 10.6 Å². The van der Waals surface area contributed by atoms with E-state index in [-0.39, 0.29) is 22.7 Å². The van der Waals surface area contributed by atoms with E-state index < -0.39 is 17.7 Å². The largest absolute Gasteiger partial charge is 0.493 e. The van der Waals surface area contributed by atoms with Crippen LogP contribution in [-0.4, -0.2) is 38.5 Å². The first kappa shape index (κ1) is 21.3. The summed E-state index contributed by atoms with van der Waals surface area (Å²) in [5.41, 5.74) is 4.86. The molecule has 0 aliphatic rings. The maximum Gasteiger partial charge on any atom is 0.269 e. The molecule has 0 saturated heterocycles. The first-order valence-electron chi connectivity index (χ1n) is 7.90. The predicted octanol–water partition coefficient (Wildman–Crippen LogP) is 2.20. The molecule has 0 heterocycles. The standard InChI is InChI=1S/C18H17Cl2N3O5/c1-27-14-6-3-10(7-15(14)28-2)17(25)23-22-16(24)9-21-18(26)12-5-4-11(19)8-13(12)20/h3-8H,9H2,1-2H3,(H,21,26)(H,22,24)(H,23,25). The summed E-state index contributed by atoms with van der Waals surface area (Å²) in [5, 5.41) is 2.94. The number of methoxy groups -OCH3 is 2. The van der Waals surface area contributed by atoms with E-state index in [9.17, 15) is 14.4 Å². The number of hydrogen-bond donors (Lipinski definition) is 3.